The molecule has 166 valence electrons. The summed E-state index contributed by atoms with van der Waals surface area (Å²) in [5.41, 5.74) is 1.25. The maximum absolute atomic E-state index is 12.9. The second kappa shape index (κ2) is 10.4. The predicted octanol–water partition coefficient (Wildman–Crippen LogP) is 4.28. The standard InChI is InChI=1S/C23H21N7OS2/c1-16(22(31)26-21-17(13-24)14-25-29(21)2)33-23-28-27-20(15-32-19-11-7-4-8-12-19)30(23)18-9-5-3-6-10-18/h3-12,14,16H,15H2,1-2H3,(H,26,31). The maximum Gasteiger partial charge on any atom is 0.238 e. The first kappa shape index (κ1) is 22.6. The van der Waals surface area contributed by atoms with Gasteiger partial charge in [0.1, 0.15) is 23.3 Å². The number of nitrogens with zero attached hydrogens (tertiary/aromatic N) is 6. The Kier molecular flexibility index (Phi) is 7.12. The summed E-state index contributed by atoms with van der Waals surface area (Å²) < 4.78 is 3.45. The Hall–Kier alpha value is -3.55. The van der Waals surface area contributed by atoms with Gasteiger partial charge in [-0.05, 0) is 31.2 Å². The van der Waals surface area contributed by atoms with Crippen LogP contribution in [0.2, 0.25) is 0 Å². The van der Waals surface area contributed by atoms with Crippen molar-refractivity contribution in [3.05, 3.63) is 78.2 Å². The van der Waals surface area contributed by atoms with Gasteiger partial charge in [0.15, 0.2) is 5.16 Å². The van der Waals surface area contributed by atoms with E-state index in [1.54, 1.807) is 25.7 Å². The van der Waals surface area contributed by atoms with E-state index in [1.165, 1.54) is 22.6 Å². The van der Waals surface area contributed by atoms with Crippen molar-refractivity contribution >= 4 is 35.2 Å². The molecule has 1 atom stereocenters. The number of nitriles is 1. The van der Waals surface area contributed by atoms with Gasteiger partial charge in [0, 0.05) is 17.6 Å². The van der Waals surface area contributed by atoms with Crippen LogP contribution in [0.5, 0.6) is 0 Å². The molecule has 0 fully saturated rings. The van der Waals surface area contributed by atoms with Gasteiger partial charge in [0.25, 0.3) is 0 Å². The smallest absolute Gasteiger partial charge is 0.238 e. The van der Waals surface area contributed by atoms with E-state index in [9.17, 15) is 10.1 Å². The van der Waals surface area contributed by atoms with Gasteiger partial charge in [-0.3, -0.25) is 14.0 Å². The molecular formula is C23H21N7OS2. The Morgan fingerprint density at radius 1 is 1.12 bits per heavy atom. The van der Waals surface area contributed by atoms with Gasteiger partial charge in [-0.1, -0.05) is 48.2 Å². The van der Waals surface area contributed by atoms with Gasteiger partial charge >= 0.3 is 0 Å². The number of para-hydroxylation sites is 1. The zero-order valence-electron chi connectivity index (χ0n) is 18.0. The average molecular weight is 476 g/mol. The summed E-state index contributed by atoms with van der Waals surface area (Å²) in [5, 5.41) is 25.0. The van der Waals surface area contributed by atoms with E-state index in [2.05, 4.69) is 32.7 Å². The van der Waals surface area contributed by atoms with Gasteiger partial charge < -0.3 is 5.32 Å². The molecule has 2 heterocycles. The number of nitrogens with one attached hydrogen (secondary N) is 1. The van der Waals surface area contributed by atoms with Crippen LogP contribution in [-0.2, 0) is 17.6 Å². The molecule has 1 unspecified atom stereocenters. The molecule has 2 aromatic carbocycles. The summed E-state index contributed by atoms with van der Waals surface area (Å²) in [4.78, 5) is 14.0. The lowest BCUT2D eigenvalue weighted by atomic mass is 10.3. The summed E-state index contributed by atoms with van der Waals surface area (Å²) in [6, 6.07) is 22.0. The van der Waals surface area contributed by atoms with Crippen molar-refractivity contribution in [2.75, 3.05) is 5.32 Å². The molecule has 4 rings (SSSR count). The fraction of sp³-hybridized carbons (Fsp3) is 0.174. The van der Waals surface area contributed by atoms with E-state index in [1.807, 2.05) is 59.2 Å². The zero-order valence-corrected chi connectivity index (χ0v) is 19.7. The highest BCUT2D eigenvalue weighted by Gasteiger charge is 2.23. The van der Waals surface area contributed by atoms with Crippen molar-refractivity contribution in [1.29, 1.82) is 5.26 Å². The number of carbonyl (C=O) groups excluding carboxylic acids is 1. The molecule has 10 heteroatoms. The molecule has 1 amide bonds. The Morgan fingerprint density at radius 3 is 2.52 bits per heavy atom. The molecule has 0 bridgehead atoms. The maximum atomic E-state index is 12.9. The number of aryl methyl sites for hydroxylation is 1. The highest BCUT2D eigenvalue weighted by Crippen LogP contribution is 2.29. The molecule has 0 saturated carbocycles. The lowest BCUT2D eigenvalue weighted by Crippen LogP contribution is -2.24. The number of rotatable bonds is 8. The Labute approximate surface area is 200 Å². The lowest BCUT2D eigenvalue weighted by molar-refractivity contribution is -0.115. The van der Waals surface area contributed by atoms with Crippen LogP contribution in [0.1, 0.15) is 18.3 Å². The van der Waals surface area contributed by atoms with Gasteiger partial charge in [-0.15, -0.1) is 22.0 Å². The molecule has 1 N–H and O–H groups in total. The van der Waals surface area contributed by atoms with E-state index in [0.29, 0.717) is 22.3 Å². The number of carbonyl (C=O) groups is 1. The highest BCUT2D eigenvalue weighted by molar-refractivity contribution is 8.00. The summed E-state index contributed by atoms with van der Waals surface area (Å²) in [6.45, 7) is 1.80. The van der Waals surface area contributed by atoms with Crippen LogP contribution < -0.4 is 5.32 Å². The number of hydrogen-bond acceptors (Lipinski definition) is 7. The minimum absolute atomic E-state index is 0.247. The average Bonchev–Trinajstić information content (AvgIpc) is 3.41. The van der Waals surface area contributed by atoms with Crippen molar-refractivity contribution in [2.45, 2.75) is 28.0 Å². The third-order valence-corrected chi connectivity index (χ3v) is 6.83. The predicted molar refractivity (Wildman–Crippen MR) is 129 cm³/mol. The van der Waals surface area contributed by atoms with E-state index >= 15 is 0 Å². The van der Waals surface area contributed by atoms with Crippen LogP contribution in [0.15, 0.2) is 76.9 Å². The Bertz CT molecular complexity index is 1280. The van der Waals surface area contributed by atoms with Crippen molar-refractivity contribution in [3.63, 3.8) is 0 Å². The van der Waals surface area contributed by atoms with Gasteiger partial charge in [-0.25, -0.2) is 0 Å². The molecule has 0 aliphatic rings. The third kappa shape index (κ3) is 5.27. The van der Waals surface area contributed by atoms with E-state index in [4.69, 9.17) is 0 Å². The summed E-state index contributed by atoms with van der Waals surface area (Å²) in [7, 11) is 1.68. The first-order chi connectivity index (χ1) is 16.1. The molecule has 2 aromatic heterocycles. The SMILES string of the molecule is CC(Sc1nnc(CSc2ccccc2)n1-c1ccccc1)C(=O)Nc1c(C#N)cnn1C. The molecule has 33 heavy (non-hydrogen) atoms. The van der Waals surface area contributed by atoms with Crippen LogP contribution in [0, 0.1) is 11.3 Å². The molecule has 0 saturated heterocycles. The Morgan fingerprint density at radius 2 is 1.82 bits per heavy atom. The van der Waals surface area contributed by atoms with Crippen molar-refractivity contribution < 1.29 is 4.79 Å². The van der Waals surface area contributed by atoms with Crippen molar-refractivity contribution in [1.82, 2.24) is 24.5 Å². The lowest BCUT2D eigenvalue weighted by Gasteiger charge is -2.14. The summed E-state index contributed by atoms with van der Waals surface area (Å²) in [5.74, 6) is 1.55. The number of aromatic nitrogens is 5. The van der Waals surface area contributed by atoms with Crippen LogP contribution in [0.3, 0.4) is 0 Å². The van der Waals surface area contributed by atoms with E-state index in [0.717, 1.165) is 16.4 Å². The number of hydrogen-bond donors (Lipinski definition) is 1. The van der Waals surface area contributed by atoms with Gasteiger partial charge in [0.2, 0.25) is 5.91 Å². The molecule has 8 nitrogen and oxygen atoms in total. The van der Waals surface area contributed by atoms with Gasteiger partial charge in [0.05, 0.1) is 17.2 Å². The second-order valence-corrected chi connectivity index (χ2v) is 9.42. The molecule has 0 radical (unpaired) electrons. The summed E-state index contributed by atoms with van der Waals surface area (Å²) in [6.07, 6.45) is 1.43. The Balaban J connectivity index is 1.55. The van der Waals surface area contributed by atoms with E-state index in [-0.39, 0.29) is 5.91 Å². The van der Waals surface area contributed by atoms with Crippen molar-refractivity contribution in [3.8, 4) is 11.8 Å². The number of amides is 1. The highest BCUT2D eigenvalue weighted by atomic mass is 32.2. The first-order valence-electron chi connectivity index (χ1n) is 10.1. The zero-order chi connectivity index (χ0) is 23.2. The molecule has 0 aliphatic heterocycles. The second-order valence-electron chi connectivity index (χ2n) is 7.06. The largest absolute Gasteiger partial charge is 0.309 e. The fourth-order valence-corrected chi connectivity index (χ4v) is 4.79. The molecule has 0 aliphatic carbocycles. The number of benzene rings is 2. The monoisotopic (exact) mass is 475 g/mol. The first-order valence-corrected chi connectivity index (χ1v) is 12.0. The third-order valence-electron chi connectivity index (χ3n) is 4.78. The van der Waals surface area contributed by atoms with E-state index < -0.39 is 5.25 Å². The normalized spacial score (nSPS) is 11.7. The van der Waals surface area contributed by atoms with Crippen molar-refractivity contribution in [2.24, 2.45) is 7.05 Å². The topological polar surface area (TPSA) is 101 Å². The number of thioether (sulfide) groups is 2. The molecule has 0 spiro atoms. The molecule has 4 aromatic rings. The van der Waals surface area contributed by atoms with Crippen LogP contribution >= 0.6 is 23.5 Å². The summed E-state index contributed by atoms with van der Waals surface area (Å²) >= 11 is 2.99. The van der Waals surface area contributed by atoms with Gasteiger partial charge in [-0.2, -0.15) is 10.4 Å². The molecular weight excluding hydrogens is 454 g/mol. The van der Waals surface area contributed by atoms with Crippen LogP contribution in [0.25, 0.3) is 5.69 Å². The fourth-order valence-electron chi connectivity index (χ4n) is 3.07. The minimum Gasteiger partial charge on any atom is -0.309 e. The number of anilines is 1. The minimum atomic E-state index is -0.479. The quantitative estimate of drug-likeness (QED) is 0.380. The van der Waals surface area contributed by atoms with Crippen LogP contribution in [-0.4, -0.2) is 35.7 Å². The van der Waals surface area contributed by atoms with Crippen LogP contribution in [0.4, 0.5) is 5.82 Å².